The Balaban J connectivity index is 0.979. The van der Waals surface area contributed by atoms with Crippen LogP contribution in [0.3, 0.4) is 0 Å². The molecule has 0 saturated carbocycles. The van der Waals surface area contributed by atoms with Gasteiger partial charge in [0.2, 0.25) is 5.95 Å². The fraction of sp³-hybridized carbons (Fsp3) is 0. The first-order chi connectivity index (χ1) is 30.7. The van der Waals surface area contributed by atoms with E-state index in [2.05, 4.69) is 205 Å². The lowest BCUT2D eigenvalue weighted by molar-refractivity contribution is 0.953. The van der Waals surface area contributed by atoms with Gasteiger partial charge in [-0.3, -0.25) is 4.57 Å². The van der Waals surface area contributed by atoms with Crippen molar-refractivity contribution in [3.05, 3.63) is 218 Å². The monoisotopic (exact) mass is 808 g/mol. The smallest absolute Gasteiger partial charge is 0.238 e. The van der Waals surface area contributed by atoms with Crippen molar-refractivity contribution in [2.75, 3.05) is 0 Å². The summed E-state index contributed by atoms with van der Waals surface area (Å²) in [6.45, 7) is 0. The molecule has 0 saturated heterocycles. The van der Waals surface area contributed by atoms with E-state index in [4.69, 9.17) is 15.0 Å². The number of aromatic nitrogens is 4. The van der Waals surface area contributed by atoms with Crippen molar-refractivity contribution in [2.45, 2.75) is 0 Å². The van der Waals surface area contributed by atoms with E-state index in [9.17, 15) is 0 Å². The first-order valence-electron chi connectivity index (χ1n) is 20.8. The van der Waals surface area contributed by atoms with Gasteiger partial charge in [-0.05, 0) is 74.8 Å². The molecule has 0 aliphatic heterocycles. The van der Waals surface area contributed by atoms with Crippen molar-refractivity contribution in [1.82, 2.24) is 19.5 Å². The number of hydrogen-bond donors (Lipinski definition) is 0. The van der Waals surface area contributed by atoms with Crippen LogP contribution in [0, 0.1) is 0 Å². The molecule has 0 radical (unpaired) electrons. The minimum Gasteiger partial charge on any atom is -0.278 e. The third kappa shape index (κ3) is 6.26. The molecule has 5 heteroatoms. The van der Waals surface area contributed by atoms with Crippen molar-refractivity contribution in [1.29, 1.82) is 0 Å². The molecule has 0 spiro atoms. The fourth-order valence-corrected chi connectivity index (χ4v) is 10.0. The van der Waals surface area contributed by atoms with Gasteiger partial charge in [0.15, 0.2) is 11.6 Å². The van der Waals surface area contributed by atoms with Gasteiger partial charge in [-0.25, -0.2) is 4.98 Å². The van der Waals surface area contributed by atoms with E-state index in [-0.39, 0.29) is 0 Å². The topological polar surface area (TPSA) is 43.6 Å². The zero-order valence-corrected chi connectivity index (χ0v) is 34.3. The second-order valence-electron chi connectivity index (χ2n) is 15.6. The van der Waals surface area contributed by atoms with Crippen LogP contribution >= 0.6 is 11.3 Å². The van der Waals surface area contributed by atoms with Gasteiger partial charge in [0, 0.05) is 42.1 Å². The van der Waals surface area contributed by atoms with Gasteiger partial charge < -0.3 is 0 Å². The highest BCUT2D eigenvalue weighted by atomic mass is 32.1. The standard InChI is InChI=1S/C57H36N4S/c1-4-14-37(15-5-1)39-26-28-40(29-27-39)42-31-33-53-50(35-42)49-24-13-23-46(54(49)62-53)44-20-12-21-45(34-44)56-58-55(41-18-8-3-9-19-41)59-57(60-56)61-51-25-11-10-22-47(51)48-32-30-43(36-52(48)61)38-16-6-2-7-17-38/h1-36H. The molecule has 290 valence electrons. The minimum absolute atomic E-state index is 0.577. The normalized spacial score (nSPS) is 11.5. The zero-order chi connectivity index (χ0) is 41.0. The van der Waals surface area contributed by atoms with Crippen LogP contribution < -0.4 is 0 Å². The van der Waals surface area contributed by atoms with Crippen molar-refractivity contribution >= 4 is 53.3 Å². The van der Waals surface area contributed by atoms with E-state index in [1.807, 2.05) is 29.5 Å². The summed E-state index contributed by atoms with van der Waals surface area (Å²) < 4.78 is 4.73. The van der Waals surface area contributed by atoms with Gasteiger partial charge in [-0.2, -0.15) is 9.97 Å². The molecule has 3 aromatic heterocycles. The van der Waals surface area contributed by atoms with Gasteiger partial charge in [0.25, 0.3) is 0 Å². The zero-order valence-electron chi connectivity index (χ0n) is 33.5. The van der Waals surface area contributed by atoms with Gasteiger partial charge in [0.1, 0.15) is 0 Å². The number of thiophene rings is 1. The van der Waals surface area contributed by atoms with E-state index in [0.717, 1.165) is 49.6 Å². The van der Waals surface area contributed by atoms with Crippen molar-refractivity contribution in [3.63, 3.8) is 0 Å². The third-order valence-electron chi connectivity index (χ3n) is 11.9. The molecule has 12 rings (SSSR count). The molecular formula is C57H36N4S. The lowest BCUT2D eigenvalue weighted by Gasteiger charge is -2.12. The van der Waals surface area contributed by atoms with Crippen molar-refractivity contribution < 1.29 is 0 Å². The largest absolute Gasteiger partial charge is 0.278 e. The molecule has 0 bridgehead atoms. The SMILES string of the molecule is c1ccc(-c2ccc(-c3ccc4sc5c(-c6cccc(-c7nc(-c8ccccc8)nc(-n8c9ccccc9c9ccc(-c%10ccccc%10)cc98)n7)c6)cccc5c4c3)cc2)cc1. The minimum atomic E-state index is 0.577. The quantitative estimate of drug-likeness (QED) is 0.161. The van der Waals surface area contributed by atoms with Crippen LogP contribution in [-0.4, -0.2) is 19.5 Å². The summed E-state index contributed by atoms with van der Waals surface area (Å²) in [6, 6.07) is 77.5. The van der Waals surface area contributed by atoms with Crippen molar-refractivity contribution in [3.8, 4) is 73.2 Å². The first kappa shape index (κ1) is 35.9. The van der Waals surface area contributed by atoms with E-state index < -0.39 is 0 Å². The number of nitrogens with zero attached hydrogens (tertiary/aromatic N) is 4. The Morgan fingerprint density at radius 1 is 0.306 bits per heavy atom. The molecular weight excluding hydrogens is 773 g/mol. The summed E-state index contributed by atoms with van der Waals surface area (Å²) in [5.74, 6) is 1.82. The Bertz CT molecular complexity index is 3610. The summed E-state index contributed by atoms with van der Waals surface area (Å²) >= 11 is 1.85. The van der Waals surface area contributed by atoms with E-state index in [1.54, 1.807) is 0 Å². The Kier molecular flexibility index (Phi) is 8.65. The summed E-state index contributed by atoms with van der Waals surface area (Å²) in [6.07, 6.45) is 0. The van der Waals surface area contributed by atoms with Crippen molar-refractivity contribution in [2.24, 2.45) is 0 Å². The summed E-state index contributed by atoms with van der Waals surface area (Å²) in [7, 11) is 0. The molecule has 9 aromatic carbocycles. The maximum atomic E-state index is 5.31. The fourth-order valence-electron chi connectivity index (χ4n) is 8.82. The summed E-state index contributed by atoms with van der Waals surface area (Å²) in [4.78, 5) is 15.7. The maximum absolute atomic E-state index is 5.31. The Morgan fingerprint density at radius 3 is 1.58 bits per heavy atom. The Morgan fingerprint density at radius 2 is 0.823 bits per heavy atom. The molecule has 62 heavy (non-hydrogen) atoms. The lowest BCUT2D eigenvalue weighted by atomic mass is 9.98. The molecule has 0 aliphatic carbocycles. The Hall–Kier alpha value is -7.99. The van der Waals surface area contributed by atoms with E-state index >= 15 is 0 Å². The molecule has 0 N–H and O–H groups in total. The summed E-state index contributed by atoms with van der Waals surface area (Å²) in [5.41, 5.74) is 13.4. The lowest BCUT2D eigenvalue weighted by Crippen LogP contribution is -2.06. The molecule has 0 fully saturated rings. The highest BCUT2D eigenvalue weighted by molar-refractivity contribution is 7.26. The third-order valence-corrected chi connectivity index (χ3v) is 13.1. The predicted octanol–water partition coefficient (Wildman–Crippen LogP) is 15.3. The summed E-state index contributed by atoms with van der Waals surface area (Å²) in [5, 5.41) is 4.82. The van der Waals surface area contributed by atoms with Crippen LogP contribution in [0.5, 0.6) is 0 Å². The second-order valence-corrected chi connectivity index (χ2v) is 16.7. The Labute approximate surface area is 362 Å². The molecule has 12 aromatic rings. The molecule has 4 nitrogen and oxygen atoms in total. The average molecular weight is 809 g/mol. The average Bonchev–Trinajstić information content (AvgIpc) is 3.90. The van der Waals surface area contributed by atoms with Gasteiger partial charge in [-0.15, -0.1) is 11.3 Å². The highest BCUT2D eigenvalue weighted by Crippen LogP contribution is 2.42. The second kappa shape index (κ2) is 14.9. The van der Waals surface area contributed by atoms with E-state index in [1.165, 1.54) is 48.0 Å². The van der Waals surface area contributed by atoms with Gasteiger partial charge >= 0.3 is 0 Å². The van der Waals surface area contributed by atoms with Crippen LogP contribution in [0.2, 0.25) is 0 Å². The van der Waals surface area contributed by atoms with Crippen LogP contribution in [0.25, 0.3) is 115 Å². The van der Waals surface area contributed by atoms with Crippen LogP contribution in [0.4, 0.5) is 0 Å². The number of fused-ring (bicyclic) bond motifs is 6. The predicted molar refractivity (Wildman–Crippen MR) is 260 cm³/mol. The molecule has 3 heterocycles. The number of rotatable bonds is 7. The number of hydrogen-bond acceptors (Lipinski definition) is 4. The number of para-hydroxylation sites is 1. The number of benzene rings is 9. The molecule has 0 aliphatic rings. The first-order valence-corrected chi connectivity index (χ1v) is 21.7. The van der Waals surface area contributed by atoms with E-state index in [0.29, 0.717) is 17.6 Å². The van der Waals surface area contributed by atoms with Crippen LogP contribution in [0.15, 0.2) is 218 Å². The van der Waals surface area contributed by atoms with Crippen LogP contribution in [0.1, 0.15) is 0 Å². The molecule has 0 amide bonds. The highest BCUT2D eigenvalue weighted by Gasteiger charge is 2.19. The maximum Gasteiger partial charge on any atom is 0.238 e. The molecule has 0 atom stereocenters. The van der Waals surface area contributed by atoms with Crippen LogP contribution in [-0.2, 0) is 0 Å². The molecule has 0 unspecified atom stereocenters. The van der Waals surface area contributed by atoms with Gasteiger partial charge in [-0.1, -0.05) is 188 Å². The van der Waals surface area contributed by atoms with Gasteiger partial charge in [0.05, 0.1) is 11.0 Å².